The van der Waals surface area contributed by atoms with Gasteiger partial charge in [-0.1, -0.05) is 18.2 Å². The lowest BCUT2D eigenvalue weighted by molar-refractivity contribution is -0.135. The molecule has 22 heavy (non-hydrogen) atoms. The van der Waals surface area contributed by atoms with E-state index in [1.807, 2.05) is 0 Å². The van der Waals surface area contributed by atoms with Gasteiger partial charge < -0.3 is 15.1 Å². The first-order valence-corrected chi connectivity index (χ1v) is 8.94. The number of benzene rings is 1. The molecular formula is C15H21NO5S. The number of aliphatic hydroxyl groups excluding tert-OH is 2. The van der Waals surface area contributed by atoms with Crippen molar-refractivity contribution in [2.45, 2.75) is 23.8 Å². The van der Waals surface area contributed by atoms with E-state index < -0.39 is 15.9 Å². The molecule has 1 aliphatic heterocycles. The van der Waals surface area contributed by atoms with Crippen LogP contribution in [0.3, 0.4) is 0 Å². The Morgan fingerprint density at radius 3 is 2.55 bits per heavy atom. The normalized spacial score (nSPS) is 22.5. The van der Waals surface area contributed by atoms with Crippen LogP contribution < -0.4 is 0 Å². The fourth-order valence-corrected chi connectivity index (χ4v) is 3.80. The number of amides is 1. The predicted molar refractivity (Wildman–Crippen MR) is 80.9 cm³/mol. The first-order chi connectivity index (χ1) is 10.4. The summed E-state index contributed by atoms with van der Waals surface area (Å²) in [7, 11) is -3.47. The average molecular weight is 327 g/mol. The molecule has 1 aromatic rings. The third kappa shape index (κ3) is 4.06. The van der Waals surface area contributed by atoms with Crippen LogP contribution in [0.15, 0.2) is 35.2 Å². The van der Waals surface area contributed by atoms with Crippen LogP contribution in [-0.4, -0.2) is 61.0 Å². The number of hydrogen-bond donors (Lipinski definition) is 2. The largest absolute Gasteiger partial charge is 0.396 e. The molecule has 1 amide bonds. The first kappa shape index (κ1) is 16.9. The van der Waals surface area contributed by atoms with Crippen molar-refractivity contribution in [3.05, 3.63) is 30.3 Å². The van der Waals surface area contributed by atoms with Crippen molar-refractivity contribution in [2.24, 2.45) is 5.92 Å². The zero-order valence-electron chi connectivity index (χ0n) is 12.3. The van der Waals surface area contributed by atoms with E-state index in [1.54, 1.807) is 18.2 Å². The van der Waals surface area contributed by atoms with Gasteiger partial charge in [0.2, 0.25) is 5.91 Å². The molecule has 0 bridgehead atoms. The Hall–Kier alpha value is -1.44. The second-order valence-electron chi connectivity index (χ2n) is 5.52. The Morgan fingerprint density at radius 2 is 1.95 bits per heavy atom. The maximum Gasteiger partial charge on any atom is 0.223 e. The van der Waals surface area contributed by atoms with Gasteiger partial charge in [-0.25, -0.2) is 8.42 Å². The van der Waals surface area contributed by atoms with Crippen LogP contribution in [0.2, 0.25) is 0 Å². The van der Waals surface area contributed by atoms with Crippen molar-refractivity contribution in [3.8, 4) is 0 Å². The summed E-state index contributed by atoms with van der Waals surface area (Å²) in [6.45, 7) is 0.480. The maximum atomic E-state index is 12.1. The Balaban J connectivity index is 1.91. The number of sulfone groups is 1. The number of hydrogen-bond acceptors (Lipinski definition) is 5. The molecule has 1 heterocycles. The number of nitrogens with zero attached hydrogens (tertiary/aromatic N) is 1. The molecule has 1 fully saturated rings. The van der Waals surface area contributed by atoms with Crippen LogP contribution in [-0.2, 0) is 14.6 Å². The fraction of sp³-hybridized carbons (Fsp3) is 0.533. The molecule has 0 radical (unpaired) electrons. The zero-order valence-corrected chi connectivity index (χ0v) is 13.1. The van der Waals surface area contributed by atoms with Gasteiger partial charge in [0, 0.05) is 32.0 Å². The zero-order chi connectivity index (χ0) is 16.2. The highest BCUT2D eigenvalue weighted by Gasteiger charge is 2.30. The summed E-state index contributed by atoms with van der Waals surface area (Å²) < 4.78 is 24.3. The molecule has 1 saturated heterocycles. The predicted octanol–water partition coefficient (Wildman–Crippen LogP) is 0.0521. The van der Waals surface area contributed by atoms with Gasteiger partial charge in [0.15, 0.2) is 9.84 Å². The minimum atomic E-state index is -3.47. The van der Waals surface area contributed by atoms with Gasteiger partial charge in [0.25, 0.3) is 0 Å². The van der Waals surface area contributed by atoms with Gasteiger partial charge in [-0.15, -0.1) is 0 Å². The van der Waals surface area contributed by atoms with Gasteiger partial charge in [0.1, 0.15) is 0 Å². The number of aliphatic hydroxyl groups is 2. The first-order valence-electron chi connectivity index (χ1n) is 7.28. The van der Waals surface area contributed by atoms with E-state index in [0.717, 1.165) is 0 Å². The van der Waals surface area contributed by atoms with Crippen molar-refractivity contribution in [1.29, 1.82) is 0 Å². The lowest BCUT2D eigenvalue weighted by Crippen LogP contribution is -2.47. The lowest BCUT2D eigenvalue weighted by atomic mass is 9.94. The Bertz CT molecular complexity index is 602. The van der Waals surface area contributed by atoms with Crippen molar-refractivity contribution in [1.82, 2.24) is 4.90 Å². The van der Waals surface area contributed by atoms with E-state index >= 15 is 0 Å². The molecule has 1 aromatic carbocycles. The number of rotatable bonds is 5. The Labute approximate surface area is 130 Å². The summed E-state index contributed by atoms with van der Waals surface area (Å²) in [5, 5.41) is 18.9. The topological polar surface area (TPSA) is 94.9 Å². The van der Waals surface area contributed by atoms with Crippen molar-refractivity contribution < 1.29 is 23.4 Å². The molecule has 2 atom stereocenters. The average Bonchev–Trinajstić information content (AvgIpc) is 2.53. The molecule has 1 aliphatic rings. The van der Waals surface area contributed by atoms with E-state index in [0.29, 0.717) is 13.0 Å². The molecule has 2 rings (SSSR count). The summed E-state index contributed by atoms with van der Waals surface area (Å²) in [5.41, 5.74) is 0. The molecular weight excluding hydrogens is 306 g/mol. The summed E-state index contributed by atoms with van der Waals surface area (Å²) in [6.07, 6.45) is -0.337. The summed E-state index contributed by atoms with van der Waals surface area (Å²) in [6, 6.07) is 8.04. The fourth-order valence-electron chi connectivity index (χ4n) is 2.55. The molecule has 0 aromatic heterocycles. The molecule has 7 heteroatoms. The monoisotopic (exact) mass is 327 g/mol. The van der Waals surface area contributed by atoms with Crippen molar-refractivity contribution in [3.63, 3.8) is 0 Å². The van der Waals surface area contributed by atoms with Crippen LogP contribution in [0.25, 0.3) is 0 Å². The lowest BCUT2D eigenvalue weighted by Gasteiger charge is -2.35. The van der Waals surface area contributed by atoms with E-state index in [1.165, 1.54) is 17.0 Å². The van der Waals surface area contributed by atoms with Gasteiger partial charge in [0.05, 0.1) is 16.8 Å². The second kappa shape index (κ2) is 7.21. The third-order valence-corrected chi connectivity index (χ3v) is 5.73. The van der Waals surface area contributed by atoms with Crippen molar-refractivity contribution in [2.75, 3.05) is 25.4 Å². The van der Waals surface area contributed by atoms with Crippen LogP contribution >= 0.6 is 0 Å². The van der Waals surface area contributed by atoms with Crippen molar-refractivity contribution >= 4 is 15.7 Å². The standard InChI is InChI=1S/C15H21NO5S/c17-11-12-6-8-16(10-14(12)18)15(19)7-9-22(20,21)13-4-2-1-3-5-13/h1-5,12,14,17-18H,6-11H2/t12-,14-/m1/s1. The molecule has 0 aliphatic carbocycles. The van der Waals surface area contributed by atoms with Gasteiger partial charge >= 0.3 is 0 Å². The smallest absolute Gasteiger partial charge is 0.223 e. The highest BCUT2D eigenvalue weighted by Crippen LogP contribution is 2.18. The quantitative estimate of drug-likeness (QED) is 0.797. The van der Waals surface area contributed by atoms with Crippen LogP contribution in [0.5, 0.6) is 0 Å². The Morgan fingerprint density at radius 1 is 1.27 bits per heavy atom. The van der Waals surface area contributed by atoms with E-state index in [9.17, 15) is 18.3 Å². The van der Waals surface area contributed by atoms with Crippen LogP contribution in [0.1, 0.15) is 12.8 Å². The number of piperidine rings is 1. The molecule has 2 N–H and O–H groups in total. The molecule has 0 spiro atoms. The third-order valence-electron chi connectivity index (χ3n) is 4.00. The van der Waals surface area contributed by atoms with Crippen LogP contribution in [0, 0.1) is 5.92 Å². The number of likely N-dealkylation sites (tertiary alicyclic amines) is 1. The summed E-state index contributed by atoms with van der Waals surface area (Å²) in [5.74, 6) is -0.738. The number of β-amino-alcohol motifs (C(OH)–C–C–N with tert-alkyl or cyclic N) is 1. The van der Waals surface area contributed by atoms with Gasteiger partial charge in [-0.2, -0.15) is 0 Å². The van der Waals surface area contributed by atoms with Gasteiger partial charge in [-0.05, 0) is 18.6 Å². The highest BCUT2D eigenvalue weighted by molar-refractivity contribution is 7.91. The summed E-state index contributed by atoms with van der Waals surface area (Å²) in [4.78, 5) is 13.8. The SMILES string of the molecule is O=C(CCS(=O)(=O)c1ccccc1)N1CC[C@H](CO)[C@H](O)C1. The highest BCUT2D eigenvalue weighted by atomic mass is 32.2. The second-order valence-corrected chi connectivity index (χ2v) is 7.63. The van der Waals surface area contributed by atoms with Crippen LogP contribution in [0.4, 0.5) is 0 Å². The Kier molecular flexibility index (Phi) is 5.55. The number of carbonyl (C=O) groups excluding carboxylic acids is 1. The minimum absolute atomic E-state index is 0.103. The molecule has 0 unspecified atom stereocenters. The minimum Gasteiger partial charge on any atom is -0.396 e. The van der Waals surface area contributed by atoms with E-state index in [2.05, 4.69) is 0 Å². The molecule has 122 valence electrons. The molecule has 6 nitrogen and oxygen atoms in total. The van der Waals surface area contributed by atoms with Gasteiger partial charge in [-0.3, -0.25) is 4.79 Å². The summed E-state index contributed by atoms with van der Waals surface area (Å²) >= 11 is 0. The maximum absolute atomic E-state index is 12.1. The van der Waals surface area contributed by atoms with E-state index in [-0.39, 0.29) is 42.0 Å². The van der Waals surface area contributed by atoms with E-state index in [4.69, 9.17) is 5.11 Å². The molecule has 0 saturated carbocycles. The number of carbonyl (C=O) groups is 1.